The van der Waals surface area contributed by atoms with Crippen LogP contribution in [0.15, 0.2) is 72.9 Å². The summed E-state index contributed by atoms with van der Waals surface area (Å²) in [4.78, 5) is 32.1. The molecule has 40 heavy (non-hydrogen) atoms. The minimum atomic E-state index is -3.91. The average Bonchev–Trinajstić information content (AvgIpc) is 3.27. The monoisotopic (exact) mass is 559 g/mol. The SMILES string of the molecule is CCOc1c2c(c(OCC)c3ncccc13)CN(c1ccc(CS(=O)(=O)NC(=O)Cc3ccccc3)cc1)C2=O. The molecule has 2 amide bonds. The van der Waals surface area contributed by atoms with Crippen molar-refractivity contribution in [3.05, 3.63) is 95.2 Å². The molecule has 206 valence electrons. The van der Waals surface area contributed by atoms with E-state index >= 15 is 0 Å². The zero-order valence-corrected chi connectivity index (χ0v) is 23.0. The predicted molar refractivity (Wildman–Crippen MR) is 152 cm³/mol. The van der Waals surface area contributed by atoms with Crippen LogP contribution in [0.4, 0.5) is 5.69 Å². The van der Waals surface area contributed by atoms with Gasteiger partial charge in [0.1, 0.15) is 11.3 Å². The van der Waals surface area contributed by atoms with Gasteiger partial charge in [0.2, 0.25) is 15.9 Å². The minimum absolute atomic E-state index is 0.0331. The topological polar surface area (TPSA) is 115 Å². The Morgan fingerprint density at radius 2 is 1.62 bits per heavy atom. The standard InChI is InChI=1S/C30H29N3O6S/c1-3-38-28-23-11-8-16-31-27(23)29(39-4-2)24-18-33(30(35)26(24)28)22-14-12-21(13-15-22)19-40(36,37)32-25(34)17-20-9-6-5-7-10-20/h5-16H,3-4,17-19H2,1-2H3,(H,32,34). The van der Waals surface area contributed by atoms with Crippen LogP contribution in [0.5, 0.6) is 11.5 Å². The fraction of sp³-hybridized carbons (Fsp3) is 0.233. The lowest BCUT2D eigenvalue weighted by Gasteiger charge is -2.16. The molecule has 1 aliphatic heterocycles. The van der Waals surface area contributed by atoms with Gasteiger partial charge in [-0.1, -0.05) is 42.5 Å². The van der Waals surface area contributed by atoms with E-state index in [0.717, 1.165) is 5.56 Å². The van der Waals surface area contributed by atoms with Gasteiger partial charge in [-0.25, -0.2) is 8.42 Å². The van der Waals surface area contributed by atoms with E-state index in [9.17, 15) is 18.0 Å². The number of hydrogen-bond donors (Lipinski definition) is 1. The number of rotatable bonds is 10. The zero-order chi connectivity index (χ0) is 28.3. The summed E-state index contributed by atoms with van der Waals surface area (Å²) in [6.07, 6.45) is 1.65. The number of fused-ring (bicyclic) bond motifs is 2. The number of hydrogen-bond acceptors (Lipinski definition) is 7. The first-order valence-corrected chi connectivity index (χ1v) is 14.6. The Bertz CT molecular complexity index is 1670. The van der Waals surface area contributed by atoms with Crippen molar-refractivity contribution in [3.8, 4) is 11.5 Å². The van der Waals surface area contributed by atoms with Gasteiger partial charge < -0.3 is 14.4 Å². The van der Waals surface area contributed by atoms with Crippen molar-refractivity contribution in [1.29, 1.82) is 0 Å². The number of benzene rings is 3. The van der Waals surface area contributed by atoms with E-state index in [1.54, 1.807) is 65.7 Å². The van der Waals surface area contributed by atoms with Gasteiger partial charge in [0.25, 0.3) is 5.91 Å². The first-order valence-electron chi connectivity index (χ1n) is 13.0. The van der Waals surface area contributed by atoms with Crippen LogP contribution in [-0.2, 0) is 33.5 Å². The summed E-state index contributed by atoms with van der Waals surface area (Å²) < 4.78 is 39.3. The Morgan fingerprint density at radius 3 is 2.33 bits per heavy atom. The van der Waals surface area contributed by atoms with Gasteiger partial charge in [-0.3, -0.25) is 19.3 Å². The van der Waals surface area contributed by atoms with E-state index in [-0.39, 0.29) is 24.6 Å². The quantitative estimate of drug-likeness (QED) is 0.307. The molecule has 3 aromatic carbocycles. The number of nitrogens with zero attached hydrogens (tertiary/aromatic N) is 2. The van der Waals surface area contributed by atoms with Gasteiger partial charge in [-0.15, -0.1) is 0 Å². The van der Waals surface area contributed by atoms with E-state index in [4.69, 9.17) is 9.47 Å². The Balaban J connectivity index is 1.37. The Labute approximate surface area is 232 Å². The van der Waals surface area contributed by atoms with Crippen LogP contribution in [0.25, 0.3) is 10.9 Å². The molecule has 0 atom stereocenters. The van der Waals surface area contributed by atoms with E-state index in [1.165, 1.54) is 0 Å². The molecule has 0 aliphatic carbocycles. The number of carbonyl (C=O) groups excluding carboxylic acids is 2. The van der Waals surface area contributed by atoms with Crippen LogP contribution in [0.1, 0.15) is 40.9 Å². The zero-order valence-electron chi connectivity index (χ0n) is 22.2. The number of aromatic nitrogens is 1. The van der Waals surface area contributed by atoms with Crippen molar-refractivity contribution < 1.29 is 27.5 Å². The van der Waals surface area contributed by atoms with Crippen molar-refractivity contribution in [2.75, 3.05) is 18.1 Å². The first-order chi connectivity index (χ1) is 19.3. The number of amides is 2. The van der Waals surface area contributed by atoms with Crippen molar-refractivity contribution >= 4 is 38.4 Å². The maximum Gasteiger partial charge on any atom is 0.262 e. The molecule has 1 N–H and O–H groups in total. The summed E-state index contributed by atoms with van der Waals surface area (Å²) >= 11 is 0. The van der Waals surface area contributed by atoms with Crippen molar-refractivity contribution in [2.45, 2.75) is 32.6 Å². The van der Waals surface area contributed by atoms with Crippen LogP contribution in [-0.4, -0.2) is 38.4 Å². The second-order valence-electron chi connectivity index (χ2n) is 9.28. The maximum atomic E-state index is 13.7. The molecule has 5 rings (SSSR count). The highest BCUT2D eigenvalue weighted by Gasteiger charge is 2.37. The first kappa shape index (κ1) is 27.1. The molecule has 0 bridgehead atoms. The van der Waals surface area contributed by atoms with Gasteiger partial charge in [-0.2, -0.15) is 0 Å². The molecule has 0 fully saturated rings. The smallest absolute Gasteiger partial charge is 0.262 e. The Kier molecular flexibility index (Phi) is 7.70. The second-order valence-corrected chi connectivity index (χ2v) is 11.0. The highest BCUT2D eigenvalue weighted by atomic mass is 32.2. The van der Waals surface area contributed by atoms with Crippen LogP contribution in [0, 0.1) is 0 Å². The van der Waals surface area contributed by atoms with Crippen molar-refractivity contribution in [1.82, 2.24) is 9.71 Å². The van der Waals surface area contributed by atoms with Crippen molar-refractivity contribution in [2.24, 2.45) is 0 Å². The molecule has 10 heteroatoms. The minimum Gasteiger partial charge on any atom is -0.492 e. The summed E-state index contributed by atoms with van der Waals surface area (Å²) in [6, 6.07) is 19.2. The van der Waals surface area contributed by atoms with E-state index in [2.05, 4.69) is 9.71 Å². The lowest BCUT2D eigenvalue weighted by molar-refractivity contribution is -0.118. The number of anilines is 1. The molecule has 1 aromatic heterocycles. The van der Waals surface area contributed by atoms with E-state index in [1.807, 2.05) is 26.0 Å². The van der Waals surface area contributed by atoms with Gasteiger partial charge in [0.15, 0.2) is 5.75 Å². The summed E-state index contributed by atoms with van der Waals surface area (Å²) in [5.74, 6) is -0.173. The van der Waals surface area contributed by atoms with E-state index in [0.29, 0.717) is 58.0 Å². The summed E-state index contributed by atoms with van der Waals surface area (Å²) in [7, 11) is -3.91. The molecular weight excluding hydrogens is 530 g/mol. The van der Waals surface area contributed by atoms with Gasteiger partial charge in [-0.05, 0) is 49.2 Å². The molecule has 0 saturated carbocycles. The van der Waals surface area contributed by atoms with Gasteiger partial charge in [0.05, 0.1) is 37.5 Å². The number of nitrogens with one attached hydrogen (secondary N) is 1. The van der Waals surface area contributed by atoms with Gasteiger partial charge >= 0.3 is 0 Å². The third-order valence-electron chi connectivity index (χ3n) is 6.50. The van der Waals surface area contributed by atoms with E-state index < -0.39 is 15.9 Å². The van der Waals surface area contributed by atoms with Crippen LogP contribution >= 0.6 is 0 Å². The molecule has 9 nitrogen and oxygen atoms in total. The number of ether oxygens (including phenoxy) is 2. The predicted octanol–water partition coefficient (Wildman–Crippen LogP) is 4.38. The Hall–Kier alpha value is -4.44. The number of sulfonamides is 1. The molecule has 4 aromatic rings. The fourth-order valence-electron chi connectivity index (χ4n) is 4.86. The molecule has 2 heterocycles. The largest absolute Gasteiger partial charge is 0.492 e. The molecule has 1 aliphatic rings. The Morgan fingerprint density at radius 1 is 0.925 bits per heavy atom. The maximum absolute atomic E-state index is 13.7. The number of carbonyl (C=O) groups is 2. The third kappa shape index (κ3) is 5.48. The van der Waals surface area contributed by atoms with Crippen LogP contribution in [0.2, 0.25) is 0 Å². The summed E-state index contributed by atoms with van der Waals surface area (Å²) in [5.41, 5.74) is 3.58. The lowest BCUT2D eigenvalue weighted by atomic mass is 10.0. The molecule has 0 spiro atoms. The van der Waals surface area contributed by atoms with Gasteiger partial charge in [0, 0.05) is 22.8 Å². The highest BCUT2D eigenvalue weighted by Crippen LogP contribution is 2.45. The molecule has 0 saturated heterocycles. The van der Waals surface area contributed by atoms with Crippen LogP contribution in [0.3, 0.4) is 0 Å². The molecular formula is C30H29N3O6S. The second kappa shape index (κ2) is 11.4. The normalized spacial score (nSPS) is 12.8. The molecule has 0 radical (unpaired) electrons. The van der Waals surface area contributed by atoms with Crippen molar-refractivity contribution in [3.63, 3.8) is 0 Å². The lowest BCUT2D eigenvalue weighted by Crippen LogP contribution is -2.32. The third-order valence-corrected chi connectivity index (χ3v) is 7.76. The fourth-order valence-corrected chi connectivity index (χ4v) is 5.98. The average molecular weight is 560 g/mol. The number of pyridine rings is 1. The highest BCUT2D eigenvalue weighted by molar-refractivity contribution is 7.89. The summed E-state index contributed by atoms with van der Waals surface area (Å²) in [5, 5.41) is 0.705. The summed E-state index contributed by atoms with van der Waals surface area (Å²) in [6.45, 7) is 4.78. The van der Waals surface area contributed by atoms with Crippen LogP contribution < -0.4 is 19.1 Å². The molecule has 0 unspecified atom stereocenters.